The lowest BCUT2D eigenvalue weighted by Gasteiger charge is -2.18. The minimum Gasteiger partial charge on any atom is -0.352 e. The van der Waals surface area contributed by atoms with Gasteiger partial charge in [0, 0.05) is 36.5 Å². The standard InChI is InChI=1S/C14H20N2O2S/c1-3-16(4-2)13(17)8-9-15-14(18)11-6-5-7-12(19)10-11/h5-7,10,19H,3-4,8-9H2,1-2H3,(H,15,18). The summed E-state index contributed by atoms with van der Waals surface area (Å²) < 4.78 is 0. The molecule has 0 unspecified atom stereocenters. The molecule has 1 aromatic carbocycles. The van der Waals surface area contributed by atoms with Crippen molar-refractivity contribution in [1.29, 1.82) is 0 Å². The lowest BCUT2D eigenvalue weighted by molar-refractivity contribution is -0.130. The topological polar surface area (TPSA) is 49.4 Å². The fourth-order valence-electron chi connectivity index (χ4n) is 1.77. The molecular weight excluding hydrogens is 260 g/mol. The fraction of sp³-hybridized carbons (Fsp3) is 0.429. The Labute approximate surface area is 119 Å². The molecule has 0 bridgehead atoms. The van der Waals surface area contributed by atoms with E-state index in [-0.39, 0.29) is 11.8 Å². The normalized spacial score (nSPS) is 10.1. The maximum Gasteiger partial charge on any atom is 0.251 e. The summed E-state index contributed by atoms with van der Waals surface area (Å²) in [4.78, 5) is 26.1. The summed E-state index contributed by atoms with van der Waals surface area (Å²) in [7, 11) is 0. The van der Waals surface area contributed by atoms with Gasteiger partial charge in [0.05, 0.1) is 0 Å². The van der Waals surface area contributed by atoms with Crippen LogP contribution in [0.5, 0.6) is 0 Å². The van der Waals surface area contributed by atoms with Crippen molar-refractivity contribution in [2.45, 2.75) is 25.2 Å². The molecule has 1 N–H and O–H groups in total. The van der Waals surface area contributed by atoms with Crippen LogP contribution in [0.25, 0.3) is 0 Å². The highest BCUT2D eigenvalue weighted by molar-refractivity contribution is 7.80. The van der Waals surface area contributed by atoms with Crippen LogP contribution in [0.4, 0.5) is 0 Å². The van der Waals surface area contributed by atoms with Crippen molar-refractivity contribution >= 4 is 24.4 Å². The second-order valence-electron chi connectivity index (χ2n) is 4.12. The summed E-state index contributed by atoms with van der Waals surface area (Å²) in [5.74, 6) is -0.114. The summed E-state index contributed by atoms with van der Waals surface area (Å²) in [5, 5.41) is 2.74. The highest BCUT2D eigenvalue weighted by Crippen LogP contribution is 2.08. The molecule has 1 rings (SSSR count). The minimum absolute atomic E-state index is 0.0632. The van der Waals surface area contributed by atoms with Crippen molar-refractivity contribution < 1.29 is 9.59 Å². The summed E-state index contributed by atoms with van der Waals surface area (Å²) in [5.41, 5.74) is 0.558. The first-order valence-corrected chi connectivity index (χ1v) is 6.88. The van der Waals surface area contributed by atoms with E-state index in [0.717, 1.165) is 4.90 Å². The van der Waals surface area contributed by atoms with E-state index in [9.17, 15) is 9.59 Å². The number of rotatable bonds is 6. The lowest BCUT2D eigenvalue weighted by Crippen LogP contribution is -2.34. The van der Waals surface area contributed by atoms with Gasteiger partial charge < -0.3 is 10.2 Å². The van der Waals surface area contributed by atoms with Gasteiger partial charge >= 0.3 is 0 Å². The fourth-order valence-corrected chi connectivity index (χ4v) is 1.99. The lowest BCUT2D eigenvalue weighted by atomic mass is 10.2. The Balaban J connectivity index is 2.41. The molecule has 0 saturated heterocycles. The summed E-state index contributed by atoms with van der Waals surface area (Å²) in [6, 6.07) is 7.01. The number of amides is 2. The molecule has 4 nitrogen and oxygen atoms in total. The molecule has 0 heterocycles. The van der Waals surface area contributed by atoms with Crippen LogP contribution in [0.1, 0.15) is 30.6 Å². The summed E-state index contributed by atoms with van der Waals surface area (Å²) >= 11 is 4.18. The summed E-state index contributed by atoms with van der Waals surface area (Å²) in [6.45, 7) is 5.64. The van der Waals surface area contributed by atoms with E-state index in [2.05, 4.69) is 17.9 Å². The number of thiol groups is 1. The van der Waals surface area contributed by atoms with Crippen LogP contribution >= 0.6 is 12.6 Å². The Kier molecular flexibility index (Phi) is 6.42. The minimum atomic E-state index is -0.178. The third-order valence-electron chi connectivity index (χ3n) is 2.85. The van der Waals surface area contributed by atoms with E-state index in [0.29, 0.717) is 31.6 Å². The summed E-state index contributed by atoms with van der Waals surface area (Å²) in [6.07, 6.45) is 0.327. The van der Waals surface area contributed by atoms with Crippen molar-refractivity contribution in [2.24, 2.45) is 0 Å². The Morgan fingerprint density at radius 3 is 2.53 bits per heavy atom. The maximum atomic E-state index is 11.8. The highest BCUT2D eigenvalue weighted by Gasteiger charge is 2.10. The van der Waals surface area contributed by atoms with Crippen molar-refractivity contribution in [3.05, 3.63) is 29.8 Å². The van der Waals surface area contributed by atoms with Gasteiger partial charge in [-0.2, -0.15) is 0 Å². The maximum absolute atomic E-state index is 11.8. The quantitative estimate of drug-likeness (QED) is 0.783. The van der Waals surface area contributed by atoms with Crippen LogP contribution in [-0.2, 0) is 4.79 Å². The van der Waals surface area contributed by atoms with Gasteiger partial charge in [0.2, 0.25) is 5.91 Å². The SMILES string of the molecule is CCN(CC)C(=O)CCNC(=O)c1cccc(S)c1. The molecule has 2 amide bonds. The van der Waals surface area contributed by atoms with Crippen LogP contribution in [-0.4, -0.2) is 36.3 Å². The largest absolute Gasteiger partial charge is 0.352 e. The van der Waals surface area contributed by atoms with Crippen LogP contribution < -0.4 is 5.32 Å². The average Bonchev–Trinajstić information content (AvgIpc) is 2.40. The van der Waals surface area contributed by atoms with E-state index in [1.54, 1.807) is 23.1 Å². The highest BCUT2D eigenvalue weighted by atomic mass is 32.1. The van der Waals surface area contributed by atoms with Gasteiger partial charge in [-0.3, -0.25) is 9.59 Å². The predicted octanol–water partition coefficient (Wildman–Crippen LogP) is 1.96. The molecule has 0 atom stereocenters. The van der Waals surface area contributed by atoms with Crippen molar-refractivity contribution in [2.75, 3.05) is 19.6 Å². The Hall–Kier alpha value is -1.49. The number of nitrogens with zero attached hydrogens (tertiary/aromatic N) is 1. The Morgan fingerprint density at radius 1 is 1.26 bits per heavy atom. The second kappa shape index (κ2) is 7.84. The van der Waals surface area contributed by atoms with E-state index in [1.807, 2.05) is 19.9 Å². The first kappa shape index (κ1) is 15.6. The number of hydrogen-bond donors (Lipinski definition) is 2. The number of carbonyl (C=O) groups excluding carboxylic acids is 2. The second-order valence-corrected chi connectivity index (χ2v) is 4.64. The molecule has 0 aromatic heterocycles. The molecule has 5 heteroatoms. The zero-order valence-corrected chi connectivity index (χ0v) is 12.2. The van der Waals surface area contributed by atoms with Crippen molar-refractivity contribution in [3.63, 3.8) is 0 Å². The number of carbonyl (C=O) groups is 2. The third kappa shape index (κ3) is 4.95. The van der Waals surface area contributed by atoms with Gasteiger partial charge in [-0.05, 0) is 32.0 Å². The zero-order valence-electron chi connectivity index (χ0n) is 11.3. The Bertz CT molecular complexity index is 445. The third-order valence-corrected chi connectivity index (χ3v) is 3.13. The van der Waals surface area contributed by atoms with Gasteiger partial charge in [0.15, 0.2) is 0 Å². The van der Waals surface area contributed by atoms with E-state index in [1.165, 1.54) is 0 Å². The van der Waals surface area contributed by atoms with Gasteiger partial charge in [0.25, 0.3) is 5.91 Å². The first-order valence-electron chi connectivity index (χ1n) is 6.43. The molecule has 0 aliphatic carbocycles. The van der Waals surface area contributed by atoms with Gasteiger partial charge in [0.1, 0.15) is 0 Å². The molecule has 0 aliphatic heterocycles. The Morgan fingerprint density at radius 2 is 1.95 bits per heavy atom. The zero-order chi connectivity index (χ0) is 14.3. The van der Waals surface area contributed by atoms with E-state index in [4.69, 9.17) is 0 Å². The van der Waals surface area contributed by atoms with Gasteiger partial charge in [-0.25, -0.2) is 0 Å². The molecule has 1 aromatic rings. The van der Waals surface area contributed by atoms with Crippen LogP contribution in [0.3, 0.4) is 0 Å². The molecule has 0 fully saturated rings. The van der Waals surface area contributed by atoms with Crippen molar-refractivity contribution in [3.8, 4) is 0 Å². The number of nitrogens with one attached hydrogen (secondary N) is 1. The molecule has 104 valence electrons. The van der Waals surface area contributed by atoms with Crippen molar-refractivity contribution in [1.82, 2.24) is 10.2 Å². The van der Waals surface area contributed by atoms with Gasteiger partial charge in [-0.15, -0.1) is 12.6 Å². The number of hydrogen-bond acceptors (Lipinski definition) is 3. The molecule has 19 heavy (non-hydrogen) atoms. The molecule has 0 spiro atoms. The molecule has 0 saturated carbocycles. The average molecular weight is 280 g/mol. The van der Waals surface area contributed by atoms with Crippen LogP contribution in [0, 0.1) is 0 Å². The number of benzene rings is 1. The molecule has 0 aliphatic rings. The molecule has 0 radical (unpaired) electrons. The van der Waals surface area contributed by atoms with Gasteiger partial charge in [-0.1, -0.05) is 6.07 Å². The first-order chi connectivity index (χ1) is 9.08. The van der Waals surface area contributed by atoms with Crippen LogP contribution in [0.2, 0.25) is 0 Å². The van der Waals surface area contributed by atoms with E-state index < -0.39 is 0 Å². The van der Waals surface area contributed by atoms with Crippen LogP contribution in [0.15, 0.2) is 29.2 Å². The smallest absolute Gasteiger partial charge is 0.251 e. The van der Waals surface area contributed by atoms with E-state index >= 15 is 0 Å². The molecular formula is C14H20N2O2S. The monoisotopic (exact) mass is 280 g/mol. The predicted molar refractivity (Wildman–Crippen MR) is 78.6 cm³/mol.